The van der Waals surface area contributed by atoms with Crippen molar-refractivity contribution in [3.05, 3.63) is 29.3 Å². The van der Waals surface area contributed by atoms with Crippen LogP contribution in [0.4, 0.5) is 5.69 Å². The molecule has 1 aliphatic carbocycles. The summed E-state index contributed by atoms with van der Waals surface area (Å²) in [5.74, 6) is -1.02. The fourth-order valence-corrected chi connectivity index (χ4v) is 3.21. The van der Waals surface area contributed by atoms with Gasteiger partial charge in [0, 0.05) is 18.8 Å². The zero-order valence-corrected chi connectivity index (χ0v) is 12.8. The maximum Gasteiger partial charge on any atom is 0.313 e. The van der Waals surface area contributed by atoms with Gasteiger partial charge < -0.3 is 15.3 Å². The van der Waals surface area contributed by atoms with E-state index in [1.165, 1.54) is 16.0 Å². The van der Waals surface area contributed by atoms with Crippen LogP contribution < -0.4 is 5.32 Å². The number of amides is 2. The molecule has 2 aliphatic rings. The molecule has 1 aromatic carbocycles. The first-order chi connectivity index (χ1) is 10.5. The summed E-state index contributed by atoms with van der Waals surface area (Å²) in [5.41, 5.74) is 3.26. The molecule has 1 heterocycles. The molecule has 5 nitrogen and oxygen atoms in total. The molecular weight excluding hydrogens is 280 g/mol. The lowest BCUT2D eigenvalue weighted by Gasteiger charge is -2.33. The summed E-state index contributed by atoms with van der Waals surface area (Å²) in [6.45, 7) is 2.71. The summed E-state index contributed by atoms with van der Waals surface area (Å²) in [7, 11) is 0. The van der Waals surface area contributed by atoms with Gasteiger partial charge in [0.15, 0.2) is 0 Å². The summed E-state index contributed by atoms with van der Waals surface area (Å²) in [4.78, 5) is 25.7. The normalized spacial score (nSPS) is 24.0. The molecule has 1 aromatic rings. The highest BCUT2D eigenvalue weighted by Crippen LogP contribution is 2.25. The van der Waals surface area contributed by atoms with E-state index in [2.05, 4.69) is 5.32 Å². The van der Waals surface area contributed by atoms with Gasteiger partial charge in [-0.15, -0.1) is 0 Å². The first-order valence-electron chi connectivity index (χ1n) is 7.94. The number of nitrogens with one attached hydrogen (secondary N) is 1. The Morgan fingerprint density at radius 1 is 1.27 bits per heavy atom. The van der Waals surface area contributed by atoms with Crippen molar-refractivity contribution in [1.82, 2.24) is 4.90 Å². The molecule has 0 bridgehead atoms. The van der Waals surface area contributed by atoms with Crippen LogP contribution in [0.25, 0.3) is 0 Å². The number of carbonyl (C=O) groups excluding carboxylic acids is 2. The van der Waals surface area contributed by atoms with Crippen LogP contribution in [0.5, 0.6) is 0 Å². The summed E-state index contributed by atoms with van der Waals surface area (Å²) in [5, 5.41) is 12.5. The van der Waals surface area contributed by atoms with Crippen LogP contribution in [0.1, 0.15) is 30.9 Å². The monoisotopic (exact) mass is 302 g/mol. The minimum Gasteiger partial charge on any atom is -0.391 e. The number of aliphatic hydroxyl groups excluding tert-OH is 1. The van der Waals surface area contributed by atoms with E-state index in [1.54, 1.807) is 0 Å². The molecule has 0 aromatic heterocycles. The quantitative estimate of drug-likeness (QED) is 0.769. The van der Waals surface area contributed by atoms with Gasteiger partial charge in [0.05, 0.1) is 6.10 Å². The molecule has 2 unspecified atom stereocenters. The minimum absolute atomic E-state index is 0.170. The minimum atomic E-state index is -0.625. The second kappa shape index (κ2) is 6.08. The molecule has 0 radical (unpaired) electrons. The largest absolute Gasteiger partial charge is 0.391 e. The van der Waals surface area contributed by atoms with Crippen LogP contribution in [-0.2, 0) is 22.4 Å². The number of aliphatic hydroxyl groups is 1. The molecule has 3 rings (SSSR count). The fraction of sp³-hybridized carbons (Fsp3) is 0.529. The number of hydrogen-bond donors (Lipinski definition) is 2. The highest BCUT2D eigenvalue weighted by Gasteiger charge is 2.30. The summed E-state index contributed by atoms with van der Waals surface area (Å²) < 4.78 is 0. The zero-order chi connectivity index (χ0) is 15.7. The first kappa shape index (κ1) is 15.0. The second-order valence-electron chi connectivity index (χ2n) is 6.38. The molecule has 118 valence electrons. The van der Waals surface area contributed by atoms with Crippen LogP contribution in [-0.4, -0.2) is 41.0 Å². The second-order valence-corrected chi connectivity index (χ2v) is 6.38. The molecule has 22 heavy (non-hydrogen) atoms. The Morgan fingerprint density at radius 2 is 2.05 bits per heavy atom. The zero-order valence-electron chi connectivity index (χ0n) is 12.8. The molecule has 1 aliphatic heterocycles. The number of fused-ring (bicyclic) bond motifs is 1. The number of nitrogens with zero attached hydrogens (tertiary/aromatic N) is 1. The van der Waals surface area contributed by atoms with Gasteiger partial charge in [0.25, 0.3) is 0 Å². The lowest BCUT2D eigenvalue weighted by molar-refractivity contribution is -0.146. The number of hydrogen-bond acceptors (Lipinski definition) is 3. The number of β-amino-alcohol motifs (C(OH)–C–C–N with tert-alkyl or cyclic N) is 1. The molecule has 1 saturated heterocycles. The van der Waals surface area contributed by atoms with Crippen molar-refractivity contribution in [1.29, 1.82) is 0 Å². The summed E-state index contributed by atoms with van der Waals surface area (Å²) in [6.07, 6.45) is 3.44. The Balaban J connectivity index is 1.63. The molecule has 0 saturated carbocycles. The van der Waals surface area contributed by atoms with Crippen LogP contribution in [0, 0.1) is 5.92 Å². The molecule has 2 amide bonds. The van der Waals surface area contributed by atoms with Crippen molar-refractivity contribution in [2.45, 2.75) is 38.7 Å². The van der Waals surface area contributed by atoms with Crippen molar-refractivity contribution < 1.29 is 14.7 Å². The third-order valence-electron chi connectivity index (χ3n) is 4.76. The maximum absolute atomic E-state index is 12.2. The van der Waals surface area contributed by atoms with Crippen molar-refractivity contribution in [3.63, 3.8) is 0 Å². The number of aryl methyl sites for hydroxylation is 2. The van der Waals surface area contributed by atoms with E-state index >= 15 is 0 Å². The van der Waals surface area contributed by atoms with E-state index in [1.807, 2.05) is 25.1 Å². The van der Waals surface area contributed by atoms with Crippen LogP contribution in [0.2, 0.25) is 0 Å². The van der Waals surface area contributed by atoms with Gasteiger partial charge in [-0.2, -0.15) is 0 Å². The molecule has 2 N–H and O–H groups in total. The van der Waals surface area contributed by atoms with E-state index < -0.39 is 17.9 Å². The molecule has 2 atom stereocenters. The SMILES string of the molecule is CC1CCN(C(=O)C(=O)Nc2ccc3c(c2)CCC3)CC1O. The van der Waals surface area contributed by atoms with Gasteiger partial charge in [0.2, 0.25) is 0 Å². The van der Waals surface area contributed by atoms with Crippen LogP contribution in [0.15, 0.2) is 18.2 Å². The average molecular weight is 302 g/mol. The Morgan fingerprint density at radius 3 is 2.82 bits per heavy atom. The lowest BCUT2D eigenvalue weighted by atomic mass is 9.96. The number of piperidine rings is 1. The van der Waals surface area contributed by atoms with Crippen molar-refractivity contribution >= 4 is 17.5 Å². The van der Waals surface area contributed by atoms with E-state index in [-0.39, 0.29) is 12.5 Å². The molecule has 5 heteroatoms. The molecular formula is C17H22N2O3. The lowest BCUT2D eigenvalue weighted by Crippen LogP contribution is -2.49. The van der Waals surface area contributed by atoms with Crippen LogP contribution in [0.3, 0.4) is 0 Å². The van der Waals surface area contributed by atoms with E-state index in [9.17, 15) is 14.7 Å². The third-order valence-corrected chi connectivity index (χ3v) is 4.76. The standard InChI is InChI=1S/C17H22N2O3/c1-11-7-8-19(10-15(11)20)17(22)16(21)18-14-6-5-12-3-2-4-13(12)9-14/h5-6,9,11,15,20H,2-4,7-8,10H2,1H3,(H,18,21). The molecule has 0 spiro atoms. The van der Waals surface area contributed by atoms with Crippen molar-refractivity contribution in [3.8, 4) is 0 Å². The van der Waals surface area contributed by atoms with E-state index in [4.69, 9.17) is 0 Å². The van der Waals surface area contributed by atoms with E-state index in [0.717, 1.165) is 25.7 Å². The highest BCUT2D eigenvalue weighted by atomic mass is 16.3. The van der Waals surface area contributed by atoms with Gasteiger partial charge in [0.1, 0.15) is 0 Å². The number of likely N-dealkylation sites (tertiary alicyclic amines) is 1. The highest BCUT2D eigenvalue weighted by molar-refractivity contribution is 6.39. The topological polar surface area (TPSA) is 69.6 Å². The van der Waals surface area contributed by atoms with Crippen molar-refractivity contribution in [2.24, 2.45) is 5.92 Å². The molecule has 1 fully saturated rings. The predicted molar refractivity (Wildman–Crippen MR) is 83.5 cm³/mol. The summed E-state index contributed by atoms with van der Waals surface area (Å²) in [6, 6.07) is 5.83. The number of carbonyl (C=O) groups is 2. The van der Waals surface area contributed by atoms with Gasteiger partial charge in [-0.25, -0.2) is 0 Å². The predicted octanol–water partition coefficient (Wildman–Crippen LogP) is 1.34. The number of rotatable bonds is 1. The summed E-state index contributed by atoms with van der Waals surface area (Å²) >= 11 is 0. The van der Waals surface area contributed by atoms with Gasteiger partial charge in [-0.3, -0.25) is 9.59 Å². The van der Waals surface area contributed by atoms with Crippen molar-refractivity contribution in [2.75, 3.05) is 18.4 Å². The van der Waals surface area contributed by atoms with E-state index in [0.29, 0.717) is 12.2 Å². The number of anilines is 1. The van der Waals surface area contributed by atoms with Gasteiger partial charge in [-0.05, 0) is 54.9 Å². The van der Waals surface area contributed by atoms with Crippen LogP contribution >= 0.6 is 0 Å². The third kappa shape index (κ3) is 2.99. The Kier molecular flexibility index (Phi) is 4.16. The Bertz CT molecular complexity index is 600. The maximum atomic E-state index is 12.2. The van der Waals surface area contributed by atoms with Gasteiger partial charge in [-0.1, -0.05) is 13.0 Å². The Hall–Kier alpha value is -1.88. The number of benzene rings is 1. The first-order valence-corrected chi connectivity index (χ1v) is 7.94. The smallest absolute Gasteiger partial charge is 0.313 e. The fourth-order valence-electron chi connectivity index (χ4n) is 3.21. The average Bonchev–Trinajstić information content (AvgIpc) is 2.97. The Labute approximate surface area is 130 Å². The van der Waals surface area contributed by atoms with Gasteiger partial charge >= 0.3 is 11.8 Å².